The molecule has 8 nitrogen and oxygen atoms in total. The summed E-state index contributed by atoms with van der Waals surface area (Å²) in [4.78, 5) is 18.8. The molecule has 2 amide bonds. The fraction of sp³-hybridized carbons (Fsp3) is 0.478. The van der Waals surface area contributed by atoms with Crippen molar-refractivity contribution < 1.29 is 17.6 Å². The fourth-order valence-electron chi connectivity index (χ4n) is 4.00. The van der Waals surface area contributed by atoms with Crippen LogP contribution in [0.25, 0.3) is 0 Å². The summed E-state index contributed by atoms with van der Waals surface area (Å²) in [6.45, 7) is 7.30. The van der Waals surface area contributed by atoms with Gasteiger partial charge in [0.1, 0.15) is 5.82 Å². The van der Waals surface area contributed by atoms with E-state index < -0.39 is 15.8 Å². The minimum absolute atomic E-state index is 0.0736. The number of carbonyl (C=O) groups is 1. The number of urea groups is 1. The van der Waals surface area contributed by atoms with Crippen LogP contribution in [-0.2, 0) is 10.0 Å². The van der Waals surface area contributed by atoms with E-state index in [0.717, 1.165) is 68.1 Å². The van der Waals surface area contributed by atoms with Crippen molar-refractivity contribution >= 4 is 21.7 Å². The van der Waals surface area contributed by atoms with Gasteiger partial charge in [0.25, 0.3) is 0 Å². The van der Waals surface area contributed by atoms with Gasteiger partial charge in [-0.25, -0.2) is 22.3 Å². The topological polar surface area (TPSA) is 103 Å². The molecule has 0 spiro atoms. The number of sulfonamides is 1. The van der Waals surface area contributed by atoms with Crippen LogP contribution in [0.3, 0.4) is 0 Å². The van der Waals surface area contributed by atoms with Crippen LogP contribution in [0.4, 0.5) is 14.9 Å². The highest BCUT2D eigenvalue weighted by Gasteiger charge is 2.20. The zero-order valence-corrected chi connectivity index (χ0v) is 19.9. The van der Waals surface area contributed by atoms with Crippen molar-refractivity contribution in [2.75, 3.05) is 38.0 Å². The Morgan fingerprint density at radius 1 is 1.09 bits per heavy atom. The number of pyridine rings is 1. The first-order valence-corrected chi connectivity index (χ1v) is 12.7. The van der Waals surface area contributed by atoms with E-state index in [9.17, 15) is 17.6 Å². The average molecular weight is 478 g/mol. The Balaban J connectivity index is 1.30. The fourth-order valence-corrected chi connectivity index (χ4v) is 5.05. The van der Waals surface area contributed by atoms with Gasteiger partial charge in [-0.15, -0.1) is 0 Å². The number of rotatable bonds is 9. The molecule has 2 aromatic rings. The number of nitrogens with zero attached hydrogens (tertiary/aromatic N) is 2. The summed E-state index contributed by atoms with van der Waals surface area (Å²) >= 11 is 0. The molecular weight excluding hydrogens is 445 g/mol. The van der Waals surface area contributed by atoms with Crippen molar-refractivity contribution in [1.82, 2.24) is 19.9 Å². The Labute approximate surface area is 195 Å². The summed E-state index contributed by atoms with van der Waals surface area (Å²) in [6, 6.07) is 8.25. The highest BCUT2D eigenvalue weighted by molar-refractivity contribution is 7.89. The predicted molar refractivity (Wildman–Crippen MR) is 126 cm³/mol. The Morgan fingerprint density at radius 3 is 2.36 bits per heavy atom. The van der Waals surface area contributed by atoms with Gasteiger partial charge in [-0.1, -0.05) is 0 Å². The molecule has 1 aromatic heterocycles. The summed E-state index contributed by atoms with van der Waals surface area (Å²) in [5.74, 6) is -0.0120. The molecular formula is C23H32FN5O3S. The largest absolute Gasteiger partial charge is 0.337 e. The molecule has 0 aliphatic carbocycles. The van der Waals surface area contributed by atoms with E-state index >= 15 is 0 Å². The van der Waals surface area contributed by atoms with Crippen molar-refractivity contribution in [3.05, 3.63) is 53.6 Å². The lowest BCUT2D eigenvalue weighted by Crippen LogP contribution is -2.41. The van der Waals surface area contributed by atoms with Crippen LogP contribution in [-0.4, -0.2) is 57.1 Å². The molecule has 180 valence electrons. The van der Waals surface area contributed by atoms with Gasteiger partial charge >= 0.3 is 6.03 Å². The molecule has 0 atom stereocenters. The van der Waals surface area contributed by atoms with Crippen molar-refractivity contribution in [1.29, 1.82) is 0 Å². The number of aryl methyl sites for hydroxylation is 2. The van der Waals surface area contributed by atoms with Crippen LogP contribution >= 0.6 is 0 Å². The van der Waals surface area contributed by atoms with Gasteiger partial charge < -0.3 is 15.5 Å². The van der Waals surface area contributed by atoms with Crippen LogP contribution in [0, 0.1) is 25.6 Å². The minimum Gasteiger partial charge on any atom is -0.337 e. The zero-order chi connectivity index (χ0) is 23.8. The molecule has 0 bridgehead atoms. The Morgan fingerprint density at radius 2 is 1.73 bits per heavy atom. The van der Waals surface area contributed by atoms with Crippen LogP contribution in [0.15, 0.2) is 41.3 Å². The second kappa shape index (κ2) is 11.5. The normalized spacial score (nSPS) is 15.4. The summed E-state index contributed by atoms with van der Waals surface area (Å²) in [7, 11) is -3.61. The average Bonchev–Trinajstić information content (AvgIpc) is 2.74. The maximum Gasteiger partial charge on any atom is 0.319 e. The van der Waals surface area contributed by atoms with Crippen LogP contribution in [0.5, 0.6) is 0 Å². The zero-order valence-electron chi connectivity index (χ0n) is 19.1. The van der Waals surface area contributed by atoms with Gasteiger partial charge in [0, 0.05) is 36.7 Å². The number of piperidine rings is 1. The van der Waals surface area contributed by atoms with Crippen LogP contribution < -0.4 is 15.4 Å². The number of anilines is 1. The molecule has 3 N–H and O–H groups in total. The van der Waals surface area contributed by atoms with Crippen molar-refractivity contribution in [3.8, 4) is 0 Å². The summed E-state index contributed by atoms with van der Waals surface area (Å²) in [5.41, 5.74) is 2.45. The number of nitrogens with one attached hydrogen (secondary N) is 3. The molecule has 1 saturated heterocycles. The number of carbonyl (C=O) groups excluding carboxylic acids is 1. The Hall–Kier alpha value is -2.56. The van der Waals surface area contributed by atoms with Gasteiger partial charge in [0.2, 0.25) is 10.0 Å². The third-order valence-electron chi connectivity index (χ3n) is 5.73. The van der Waals surface area contributed by atoms with Crippen molar-refractivity contribution in [2.45, 2.75) is 38.0 Å². The molecule has 1 fully saturated rings. The maximum atomic E-state index is 13.0. The van der Waals surface area contributed by atoms with E-state index in [2.05, 4.69) is 25.2 Å². The lowest BCUT2D eigenvalue weighted by Gasteiger charge is -2.32. The maximum absolute atomic E-state index is 13.0. The number of halogens is 1. The molecule has 1 aliphatic heterocycles. The van der Waals surface area contributed by atoms with E-state index in [4.69, 9.17) is 0 Å². The molecule has 0 saturated carbocycles. The first kappa shape index (κ1) is 25.1. The lowest BCUT2D eigenvalue weighted by molar-refractivity contribution is 0.180. The number of likely N-dealkylation sites (tertiary alicyclic amines) is 1. The number of benzene rings is 1. The first-order chi connectivity index (χ1) is 15.7. The van der Waals surface area contributed by atoms with Crippen molar-refractivity contribution in [2.24, 2.45) is 5.92 Å². The SMILES string of the molecule is Cc1cc(NC(=O)NCCN2CCC(CCNS(=O)(=O)c3ccc(F)cc3)CC2)cc(C)n1. The molecule has 0 unspecified atom stereocenters. The van der Waals surface area contributed by atoms with Gasteiger partial charge in [-0.05, 0) is 88.5 Å². The van der Waals surface area contributed by atoms with Crippen LogP contribution in [0.2, 0.25) is 0 Å². The number of aromatic nitrogens is 1. The van der Waals surface area contributed by atoms with E-state index in [1.165, 1.54) is 12.1 Å². The lowest BCUT2D eigenvalue weighted by atomic mass is 9.94. The summed E-state index contributed by atoms with van der Waals surface area (Å²) < 4.78 is 40.1. The predicted octanol–water partition coefficient (Wildman–Crippen LogP) is 3.04. The molecule has 2 heterocycles. The molecule has 1 aliphatic rings. The summed E-state index contributed by atoms with van der Waals surface area (Å²) in [5, 5.41) is 5.72. The van der Waals surface area contributed by atoms with Gasteiger partial charge in [0.15, 0.2) is 0 Å². The minimum atomic E-state index is -3.61. The Kier molecular flexibility index (Phi) is 8.76. The molecule has 3 rings (SSSR count). The van der Waals surface area contributed by atoms with E-state index in [1.54, 1.807) is 0 Å². The van der Waals surface area contributed by atoms with E-state index in [-0.39, 0.29) is 10.9 Å². The van der Waals surface area contributed by atoms with Crippen molar-refractivity contribution in [3.63, 3.8) is 0 Å². The third kappa shape index (κ3) is 8.06. The van der Waals surface area contributed by atoms with E-state index in [1.807, 2.05) is 26.0 Å². The smallest absolute Gasteiger partial charge is 0.319 e. The standard InChI is InChI=1S/C23H32FN5O3S/c1-17-15-21(16-18(2)27-17)28-23(30)25-11-14-29-12-8-19(9-13-29)7-10-26-33(31,32)22-5-3-20(24)4-6-22/h3-6,15-16,19,26H,7-14H2,1-2H3,(H2,25,27,28,30). The molecule has 33 heavy (non-hydrogen) atoms. The van der Waals surface area contributed by atoms with Gasteiger partial charge in [-0.2, -0.15) is 0 Å². The summed E-state index contributed by atoms with van der Waals surface area (Å²) in [6.07, 6.45) is 2.74. The molecule has 1 aromatic carbocycles. The first-order valence-electron chi connectivity index (χ1n) is 11.2. The molecule has 10 heteroatoms. The van der Waals surface area contributed by atoms with Gasteiger partial charge in [0.05, 0.1) is 4.90 Å². The van der Waals surface area contributed by atoms with E-state index in [0.29, 0.717) is 19.0 Å². The highest BCUT2D eigenvalue weighted by atomic mass is 32.2. The quantitative estimate of drug-likeness (QED) is 0.515. The monoisotopic (exact) mass is 477 g/mol. The number of hydrogen-bond donors (Lipinski definition) is 3. The Bertz CT molecular complexity index is 1020. The van der Waals surface area contributed by atoms with Gasteiger partial charge in [-0.3, -0.25) is 4.98 Å². The number of amides is 2. The second-order valence-electron chi connectivity index (χ2n) is 8.44. The second-order valence-corrected chi connectivity index (χ2v) is 10.2. The molecule has 0 radical (unpaired) electrons. The van der Waals surface area contributed by atoms with Crippen LogP contribution in [0.1, 0.15) is 30.7 Å². The third-order valence-corrected chi connectivity index (χ3v) is 7.21. The highest BCUT2D eigenvalue weighted by Crippen LogP contribution is 2.20. The number of hydrogen-bond acceptors (Lipinski definition) is 5.